The minimum atomic E-state index is -0.982. The first-order valence-corrected chi connectivity index (χ1v) is 8.64. The van der Waals surface area contributed by atoms with Crippen LogP contribution in [0.5, 0.6) is 5.75 Å². The van der Waals surface area contributed by atoms with E-state index in [1.165, 1.54) is 12.1 Å². The van der Waals surface area contributed by atoms with Crippen molar-refractivity contribution in [1.29, 1.82) is 0 Å². The standard InChI is InChI=1S/C14H13Br2NO3S/c1-7(2)13-17-9(6-21-13)5-20-12-10(15)3-8(14(18)19)4-11(12)16/h3-4,6-7H,5H2,1-2H3,(H,18,19). The molecule has 21 heavy (non-hydrogen) atoms. The van der Waals surface area contributed by atoms with Gasteiger partial charge in [0.1, 0.15) is 12.4 Å². The molecule has 0 saturated heterocycles. The van der Waals surface area contributed by atoms with Gasteiger partial charge in [0.2, 0.25) is 0 Å². The summed E-state index contributed by atoms with van der Waals surface area (Å²) in [5.41, 5.74) is 1.06. The van der Waals surface area contributed by atoms with E-state index < -0.39 is 5.97 Å². The molecule has 0 bridgehead atoms. The number of aromatic nitrogens is 1. The summed E-state index contributed by atoms with van der Waals surface area (Å²) in [5, 5.41) is 12.0. The Labute approximate surface area is 143 Å². The maximum Gasteiger partial charge on any atom is 0.335 e. The summed E-state index contributed by atoms with van der Waals surface area (Å²) in [6, 6.07) is 3.03. The van der Waals surface area contributed by atoms with Crippen molar-refractivity contribution >= 4 is 49.2 Å². The summed E-state index contributed by atoms with van der Waals surface area (Å²) >= 11 is 8.28. The Bertz CT molecular complexity index is 647. The number of thiazole rings is 1. The van der Waals surface area contributed by atoms with Gasteiger partial charge < -0.3 is 9.84 Å². The molecule has 0 saturated carbocycles. The molecule has 1 heterocycles. The normalized spacial score (nSPS) is 10.9. The fourth-order valence-corrected chi connectivity index (χ4v) is 3.86. The van der Waals surface area contributed by atoms with Crippen molar-refractivity contribution in [3.05, 3.63) is 42.7 Å². The second-order valence-electron chi connectivity index (χ2n) is 4.69. The number of ether oxygens (including phenoxy) is 1. The highest BCUT2D eigenvalue weighted by molar-refractivity contribution is 9.11. The summed E-state index contributed by atoms with van der Waals surface area (Å²) in [4.78, 5) is 15.5. The van der Waals surface area contributed by atoms with Crippen LogP contribution in [0.2, 0.25) is 0 Å². The van der Waals surface area contributed by atoms with Crippen molar-refractivity contribution < 1.29 is 14.6 Å². The molecule has 1 N–H and O–H groups in total. The molecule has 0 amide bonds. The Hall–Kier alpha value is -0.920. The molecule has 0 aliphatic rings. The summed E-state index contributed by atoms with van der Waals surface area (Å²) in [6.45, 7) is 4.54. The van der Waals surface area contributed by atoms with E-state index in [0.717, 1.165) is 10.7 Å². The van der Waals surface area contributed by atoms with E-state index in [4.69, 9.17) is 9.84 Å². The largest absolute Gasteiger partial charge is 0.485 e. The maximum absolute atomic E-state index is 11.0. The number of hydrogen-bond acceptors (Lipinski definition) is 4. The van der Waals surface area contributed by atoms with Gasteiger partial charge in [0.05, 0.1) is 25.2 Å². The maximum atomic E-state index is 11.0. The van der Waals surface area contributed by atoms with E-state index in [0.29, 0.717) is 27.2 Å². The van der Waals surface area contributed by atoms with Crippen LogP contribution in [-0.4, -0.2) is 16.1 Å². The lowest BCUT2D eigenvalue weighted by atomic mass is 10.2. The van der Waals surface area contributed by atoms with Crippen LogP contribution in [0.4, 0.5) is 0 Å². The Balaban J connectivity index is 2.14. The highest BCUT2D eigenvalue weighted by Crippen LogP contribution is 2.35. The molecule has 1 aromatic carbocycles. The minimum absolute atomic E-state index is 0.192. The topological polar surface area (TPSA) is 59.4 Å². The van der Waals surface area contributed by atoms with E-state index in [2.05, 4.69) is 50.7 Å². The van der Waals surface area contributed by atoms with Gasteiger partial charge in [-0.25, -0.2) is 9.78 Å². The van der Waals surface area contributed by atoms with Crippen molar-refractivity contribution in [2.75, 3.05) is 0 Å². The zero-order chi connectivity index (χ0) is 15.6. The van der Waals surface area contributed by atoms with Crippen LogP contribution >= 0.6 is 43.2 Å². The lowest BCUT2D eigenvalue weighted by molar-refractivity contribution is 0.0696. The average Bonchev–Trinajstić information content (AvgIpc) is 2.86. The quantitative estimate of drug-likeness (QED) is 0.713. The van der Waals surface area contributed by atoms with Gasteiger partial charge in [-0.05, 0) is 44.0 Å². The van der Waals surface area contributed by atoms with Gasteiger partial charge in [-0.1, -0.05) is 13.8 Å². The van der Waals surface area contributed by atoms with E-state index in [9.17, 15) is 4.79 Å². The molecule has 2 rings (SSSR count). The molecule has 0 aliphatic heterocycles. The van der Waals surface area contributed by atoms with Gasteiger partial charge >= 0.3 is 5.97 Å². The van der Waals surface area contributed by atoms with Gasteiger partial charge in [0, 0.05) is 11.3 Å². The third kappa shape index (κ3) is 4.05. The molecule has 112 valence electrons. The Kier molecular flexibility index (Phi) is 5.40. The van der Waals surface area contributed by atoms with E-state index in [1.807, 2.05) is 5.38 Å². The van der Waals surface area contributed by atoms with Crippen LogP contribution in [0.15, 0.2) is 26.5 Å². The first-order chi connectivity index (χ1) is 9.88. The van der Waals surface area contributed by atoms with E-state index in [-0.39, 0.29) is 5.56 Å². The highest BCUT2D eigenvalue weighted by Gasteiger charge is 2.14. The third-order valence-corrected chi connectivity index (χ3v) is 5.05. The molecule has 0 aliphatic carbocycles. The number of aromatic carboxylic acids is 1. The van der Waals surface area contributed by atoms with Gasteiger partial charge in [-0.15, -0.1) is 11.3 Å². The third-order valence-electron chi connectivity index (χ3n) is 2.67. The van der Waals surface area contributed by atoms with Crippen LogP contribution < -0.4 is 4.74 Å². The molecule has 0 unspecified atom stereocenters. The summed E-state index contributed by atoms with van der Waals surface area (Å²) in [5.74, 6) is -0.0137. The second-order valence-corrected chi connectivity index (χ2v) is 7.29. The van der Waals surface area contributed by atoms with Crippen molar-refractivity contribution in [1.82, 2.24) is 4.98 Å². The van der Waals surface area contributed by atoms with Crippen molar-refractivity contribution in [3.63, 3.8) is 0 Å². The molecule has 4 nitrogen and oxygen atoms in total. The monoisotopic (exact) mass is 433 g/mol. The van der Waals surface area contributed by atoms with Crippen LogP contribution in [-0.2, 0) is 6.61 Å². The number of benzene rings is 1. The number of nitrogens with zero attached hydrogens (tertiary/aromatic N) is 1. The fourth-order valence-electron chi connectivity index (χ4n) is 1.62. The predicted octanol–water partition coefficient (Wildman–Crippen LogP) is 5.07. The number of halogens is 2. The molecular weight excluding hydrogens is 422 g/mol. The molecule has 0 atom stereocenters. The molecule has 7 heteroatoms. The number of carboxylic acid groups (broad SMARTS) is 1. The Morgan fingerprint density at radius 1 is 1.38 bits per heavy atom. The summed E-state index contributed by atoms with van der Waals surface area (Å²) in [7, 11) is 0. The molecule has 2 aromatic rings. The van der Waals surface area contributed by atoms with Crippen LogP contribution in [0.1, 0.15) is 40.8 Å². The van der Waals surface area contributed by atoms with Crippen LogP contribution in [0, 0.1) is 0 Å². The van der Waals surface area contributed by atoms with Crippen molar-refractivity contribution in [2.45, 2.75) is 26.4 Å². The van der Waals surface area contributed by atoms with E-state index >= 15 is 0 Å². The SMILES string of the molecule is CC(C)c1nc(COc2c(Br)cc(C(=O)O)cc2Br)cs1. The van der Waals surface area contributed by atoms with Crippen molar-refractivity contribution in [2.24, 2.45) is 0 Å². The second kappa shape index (κ2) is 6.89. The van der Waals surface area contributed by atoms with E-state index in [1.54, 1.807) is 11.3 Å². The first kappa shape index (κ1) is 16.5. The first-order valence-electron chi connectivity index (χ1n) is 6.18. The van der Waals surface area contributed by atoms with Crippen LogP contribution in [0.3, 0.4) is 0 Å². The van der Waals surface area contributed by atoms with Crippen LogP contribution in [0.25, 0.3) is 0 Å². The number of rotatable bonds is 5. The smallest absolute Gasteiger partial charge is 0.335 e. The van der Waals surface area contributed by atoms with Gasteiger partial charge in [-0.2, -0.15) is 0 Å². The molecule has 1 aromatic heterocycles. The number of hydrogen-bond donors (Lipinski definition) is 1. The number of carbonyl (C=O) groups is 1. The Morgan fingerprint density at radius 3 is 2.48 bits per heavy atom. The number of carboxylic acids is 1. The molecule has 0 radical (unpaired) electrons. The zero-order valence-electron chi connectivity index (χ0n) is 11.4. The highest BCUT2D eigenvalue weighted by atomic mass is 79.9. The Morgan fingerprint density at radius 2 is 2.00 bits per heavy atom. The molecular formula is C14H13Br2NO3S. The van der Waals surface area contributed by atoms with Gasteiger partial charge in [0.25, 0.3) is 0 Å². The summed E-state index contributed by atoms with van der Waals surface area (Å²) < 4.78 is 6.92. The fraction of sp³-hybridized carbons (Fsp3) is 0.286. The minimum Gasteiger partial charge on any atom is -0.485 e. The van der Waals surface area contributed by atoms with Gasteiger partial charge in [0.15, 0.2) is 0 Å². The molecule has 0 fully saturated rings. The predicted molar refractivity (Wildman–Crippen MR) is 89.3 cm³/mol. The zero-order valence-corrected chi connectivity index (χ0v) is 15.4. The molecule has 0 spiro atoms. The van der Waals surface area contributed by atoms with Gasteiger partial charge in [-0.3, -0.25) is 0 Å². The van der Waals surface area contributed by atoms with Crippen molar-refractivity contribution in [3.8, 4) is 5.75 Å². The summed E-state index contributed by atoms with van der Waals surface area (Å²) in [6.07, 6.45) is 0. The lowest BCUT2D eigenvalue weighted by Crippen LogP contribution is -2.01. The lowest BCUT2D eigenvalue weighted by Gasteiger charge is -2.10. The average molecular weight is 435 g/mol.